The zero-order valence-electron chi connectivity index (χ0n) is 16.0. The van der Waals surface area contributed by atoms with Crippen LogP contribution in [-0.2, 0) is 32.5 Å². The lowest BCUT2D eigenvalue weighted by molar-refractivity contribution is -0.124. The van der Waals surface area contributed by atoms with Gasteiger partial charge < -0.3 is 10.6 Å². The van der Waals surface area contributed by atoms with Gasteiger partial charge in [0.25, 0.3) is 0 Å². The first kappa shape index (κ1) is 21.4. The van der Waals surface area contributed by atoms with Crippen molar-refractivity contribution in [3.05, 3.63) is 29.3 Å². The number of amides is 2. The maximum atomic E-state index is 12.4. The number of rotatable bonds is 9. The molecule has 3 N–H and O–H groups in total. The second-order valence-electron chi connectivity index (χ2n) is 7.08. The van der Waals surface area contributed by atoms with Gasteiger partial charge in [0, 0.05) is 32.0 Å². The van der Waals surface area contributed by atoms with Crippen LogP contribution in [0.15, 0.2) is 23.1 Å². The molecular weight excluding hydrogens is 366 g/mol. The molecule has 1 aromatic rings. The number of sulfonamides is 1. The summed E-state index contributed by atoms with van der Waals surface area (Å²) in [6.07, 6.45) is 4.19. The van der Waals surface area contributed by atoms with Crippen molar-refractivity contribution in [1.29, 1.82) is 0 Å². The van der Waals surface area contributed by atoms with Gasteiger partial charge in [0.1, 0.15) is 0 Å². The van der Waals surface area contributed by atoms with Gasteiger partial charge in [0.15, 0.2) is 0 Å². The third-order valence-electron chi connectivity index (χ3n) is 4.55. The van der Waals surface area contributed by atoms with Crippen LogP contribution in [-0.4, -0.2) is 39.9 Å². The number of nitrogens with one attached hydrogen (secondary N) is 3. The smallest absolute Gasteiger partial charge is 0.240 e. The highest BCUT2D eigenvalue weighted by atomic mass is 32.2. The molecule has 1 aliphatic carbocycles. The summed E-state index contributed by atoms with van der Waals surface area (Å²) >= 11 is 0. The van der Waals surface area contributed by atoms with Crippen LogP contribution in [0, 0.1) is 5.92 Å². The molecule has 0 atom stereocenters. The molecule has 0 saturated carbocycles. The Kier molecular flexibility index (Phi) is 7.79. The van der Waals surface area contributed by atoms with E-state index in [2.05, 4.69) is 15.4 Å². The summed E-state index contributed by atoms with van der Waals surface area (Å²) in [5.41, 5.74) is 2.33. The molecule has 0 unspecified atom stereocenters. The lowest BCUT2D eigenvalue weighted by Crippen LogP contribution is -2.37. The molecule has 0 radical (unpaired) electrons. The zero-order valence-corrected chi connectivity index (χ0v) is 16.8. The first-order valence-corrected chi connectivity index (χ1v) is 10.9. The number of hydrogen-bond acceptors (Lipinski definition) is 4. The third kappa shape index (κ3) is 6.62. The van der Waals surface area contributed by atoms with Crippen LogP contribution in [0.5, 0.6) is 0 Å². The predicted molar refractivity (Wildman–Crippen MR) is 104 cm³/mol. The molecule has 150 valence electrons. The number of benzene rings is 1. The number of carbonyl (C=O) groups is 2. The number of hydrogen-bond donors (Lipinski definition) is 3. The summed E-state index contributed by atoms with van der Waals surface area (Å²) in [6.45, 7) is 4.28. The van der Waals surface area contributed by atoms with Crippen molar-refractivity contribution in [1.82, 2.24) is 15.4 Å². The SMILES string of the molecule is CC(C)C(=O)NCCNC(=O)CCNS(=O)(=O)c1ccc2c(c1)CCCC2. The van der Waals surface area contributed by atoms with Gasteiger partial charge in [-0.05, 0) is 48.9 Å². The minimum atomic E-state index is -3.62. The van der Waals surface area contributed by atoms with E-state index in [-0.39, 0.29) is 35.6 Å². The van der Waals surface area contributed by atoms with Gasteiger partial charge in [-0.2, -0.15) is 0 Å². The highest BCUT2D eigenvalue weighted by Gasteiger charge is 2.17. The average molecular weight is 396 g/mol. The van der Waals surface area contributed by atoms with Gasteiger partial charge in [-0.15, -0.1) is 0 Å². The fourth-order valence-corrected chi connectivity index (χ4v) is 4.02. The Labute approximate surface area is 161 Å². The fraction of sp³-hybridized carbons (Fsp3) is 0.579. The molecule has 0 fully saturated rings. The Hall–Kier alpha value is -1.93. The largest absolute Gasteiger partial charge is 0.354 e. The monoisotopic (exact) mass is 395 g/mol. The van der Waals surface area contributed by atoms with Crippen LogP contribution >= 0.6 is 0 Å². The van der Waals surface area contributed by atoms with E-state index in [9.17, 15) is 18.0 Å². The normalized spacial score (nSPS) is 13.9. The average Bonchev–Trinajstić information content (AvgIpc) is 2.64. The lowest BCUT2D eigenvalue weighted by atomic mass is 9.92. The van der Waals surface area contributed by atoms with Crippen molar-refractivity contribution in [2.75, 3.05) is 19.6 Å². The molecule has 1 aliphatic rings. The lowest BCUT2D eigenvalue weighted by Gasteiger charge is -2.16. The Balaban J connectivity index is 1.74. The molecule has 0 bridgehead atoms. The van der Waals surface area contributed by atoms with Crippen LogP contribution in [0.4, 0.5) is 0 Å². The molecule has 8 heteroatoms. The molecule has 2 rings (SSSR count). The van der Waals surface area contributed by atoms with E-state index in [0.717, 1.165) is 31.2 Å². The third-order valence-corrected chi connectivity index (χ3v) is 6.00. The van der Waals surface area contributed by atoms with Gasteiger partial charge in [-0.25, -0.2) is 13.1 Å². The molecular formula is C19H29N3O4S. The Bertz CT molecular complexity index is 775. The standard InChI is InChI=1S/C19H29N3O4S/c1-14(2)19(24)21-12-11-20-18(23)9-10-22-27(25,26)17-8-7-15-5-3-4-6-16(15)13-17/h7-8,13-14,22H,3-6,9-12H2,1-2H3,(H,20,23)(H,21,24). The van der Waals surface area contributed by atoms with Crippen molar-refractivity contribution in [2.24, 2.45) is 5.92 Å². The molecule has 1 aromatic carbocycles. The summed E-state index contributed by atoms with van der Waals surface area (Å²) in [4.78, 5) is 23.4. The van der Waals surface area contributed by atoms with Gasteiger partial charge in [-0.1, -0.05) is 19.9 Å². The Morgan fingerprint density at radius 2 is 1.67 bits per heavy atom. The summed E-state index contributed by atoms with van der Waals surface area (Å²) in [5.74, 6) is -0.428. The number of carbonyl (C=O) groups excluding carboxylic acids is 2. The Morgan fingerprint density at radius 3 is 2.37 bits per heavy atom. The first-order chi connectivity index (χ1) is 12.8. The molecule has 0 aromatic heterocycles. The van der Waals surface area contributed by atoms with Crippen molar-refractivity contribution in [3.8, 4) is 0 Å². The molecule has 0 spiro atoms. The molecule has 0 saturated heterocycles. The number of fused-ring (bicyclic) bond motifs is 1. The fourth-order valence-electron chi connectivity index (χ4n) is 2.94. The minimum Gasteiger partial charge on any atom is -0.354 e. The molecule has 0 aliphatic heterocycles. The van der Waals surface area contributed by atoms with Gasteiger partial charge in [0.2, 0.25) is 21.8 Å². The van der Waals surface area contributed by atoms with Crippen molar-refractivity contribution >= 4 is 21.8 Å². The van der Waals surface area contributed by atoms with Crippen LogP contribution in [0.3, 0.4) is 0 Å². The maximum Gasteiger partial charge on any atom is 0.240 e. The van der Waals surface area contributed by atoms with Crippen molar-refractivity contribution < 1.29 is 18.0 Å². The van der Waals surface area contributed by atoms with E-state index in [4.69, 9.17) is 0 Å². The van der Waals surface area contributed by atoms with E-state index < -0.39 is 10.0 Å². The second-order valence-corrected chi connectivity index (χ2v) is 8.85. The minimum absolute atomic E-state index is 0.0314. The highest BCUT2D eigenvalue weighted by molar-refractivity contribution is 7.89. The van der Waals surface area contributed by atoms with Crippen LogP contribution < -0.4 is 15.4 Å². The predicted octanol–water partition coefficient (Wildman–Crippen LogP) is 1.12. The van der Waals surface area contributed by atoms with Crippen LogP contribution in [0.1, 0.15) is 44.2 Å². The van der Waals surface area contributed by atoms with Gasteiger partial charge in [-0.3, -0.25) is 9.59 Å². The number of aryl methyl sites for hydroxylation is 2. The van der Waals surface area contributed by atoms with Crippen LogP contribution in [0.25, 0.3) is 0 Å². The molecule has 2 amide bonds. The van der Waals surface area contributed by atoms with E-state index in [0.29, 0.717) is 13.1 Å². The molecule has 0 heterocycles. The van der Waals surface area contributed by atoms with Crippen molar-refractivity contribution in [3.63, 3.8) is 0 Å². The van der Waals surface area contributed by atoms with E-state index in [1.165, 1.54) is 5.56 Å². The van der Waals surface area contributed by atoms with Gasteiger partial charge in [0.05, 0.1) is 4.90 Å². The van der Waals surface area contributed by atoms with Gasteiger partial charge >= 0.3 is 0 Å². The topological polar surface area (TPSA) is 104 Å². The molecule has 7 nitrogen and oxygen atoms in total. The summed E-state index contributed by atoms with van der Waals surface area (Å²) in [5, 5.41) is 5.35. The van der Waals surface area contributed by atoms with E-state index in [1.54, 1.807) is 26.0 Å². The quantitative estimate of drug-likeness (QED) is 0.545. The maximum absolute atomic E-state index is 12.4. The summed E-state index contributed by atoms with van der Waals surface area (Å²) in [7, 11) is -3.62. The van der Waals surface area contributed by atoms with E-state index in [1.807, 2.05) is 6.07 Å². The zero-order chi connectivity index (χ0) is 19.9. The van der Waals surface area contributed by atoms with E-state index >= 15 is 0 Å². The summed E-state index contributed by atoms with van der Waals surface area (Å²) in [6, 6.07) is 5.26. The first-order valence-electron chi connectivity index (χ1n) is 9.45. The van der Waals surface area contributed by atoms with Crippen molar-refractivity contribution in [2.45, 2.75) is 50.8 Å². The van der Waals surface area contributed by atoms with Crippen LogP contribution in [0.2, 0.25) is 0 Å². The second kappa shape index (κ2) is 9.85. The highest BCUT2D eigenvalue weighted by Crippen LogP contribution is 2.23. The Morgan fingerprint density at radius 1 is 1.00 bits per heavy atom. The summed E-state index contributed by atoms with van der Waals surface area (Å²) < 4.78 is 27.3. The molecule has 27 heavy (non-hydrogen) atoms.